The van der Waals surface area contributed by atoms with E-state index >= 15 is 0 Å². The number of ether oxygens (including phenoxy) is 1. The minimum absolute atomic E-state index is 0.116. The lowest BCUT2D eigenvalue weighted by atomic mass is 10.1. The SMILES string of the molecule is CCOc1ccc(S(=O)(=O)N2CCCCC2)cc1NC(=O)Cc1ccc(-n2cnnn2)cc1. The highest BCUT2D eigenvalue weighted by Crippen LogP contribution is 2.30. The monoisotopic (exact) mass is 470 g/mol. The average Bonchev–Trinajstić information content (AvgIpc) is 3.36. The number of anilines is 1. The van der Waals surface area contributed by atoms with Crippen LogP contribution in [-0.2, 0) is 21.2 Å². The van der Waals surface area contributed by atoms with Crippen molar-refractivity contribution < 1.29 is 17.9 Å². The van der Waals surface area contributed by atoms with Crippen LogP contribution in [-0.4, -0.2) is 58.5 Å². The minimum atomic E-state index is -3.63. The fourth-order valence-electron chi connectivity index (χ4n) is 3.73. The molecule has 2 heterocycles. The van der Waals surface area contributed by atoms with E-state index in [4.69, 9.17) is 4.74 Å². The highest BCUT2D eigenvalue weighted by Gasteiger charge is 2.27. The van der Waals surface area contributed by atoms with Crippen molar-refractivity contribution in [2.45, 2.75) is 37.5 Å². The van der Waals surface area contributed by atoms with E-state index in [2.05, 4.69) is 20.8 Å². The van der Waals surface area contributed by atoms with E-state index in [0.717, 1.165) is 30.5 Å². The molecular weight excluding hydrogens is 444 g/mol. The predicted octanol–water partition coefficient (Wildman–Crippen LogP) is 2.42. The molecule has 1 amide bonds. The second-order valence-electron chi connectivity index (χ2n) is 7.70. The molecule has 0 unspecified atom stereocenters. The van der Waals surface area contributed by atoms with Gasteiger partial charge in [0.05, 0.1) is 29.3 Å². The molecular formula is C22H26N6O4S. The first kappa shape index (κ1) is 22.9. The Balaban J connectivity index is 1.50. The van der Waals surface area contributed by atoms with Crippen LogP contribution in [0.25, 0.3) is 5.69 Å². The van der Waals surface area contributed by atoms with Gasteiger partial charge >= 0.3 is 0 Å². The second kappa shape index (κ2) is 10.1. The van der Waals surface area contributed by atoms with Gasteiger partial charge in [-0.25, -0.2) is 13.1 Å². The van der Waals surface area contributed by atoms with Crippen LogP contribution < -0.4 is 10.1 Å². The summed E-state index contributed by atoms with van der Waals surface area (Å²) < 4.78 is 34.8. The molecule has 0 spiro atoms. The van der Waals surface area contributed by atoms with Crippen LogP contribution >= 0.6 is 0 Å². The molecule has 11 heteroatoms. The number of nitrogens with zero attached hydrogens (tertiary/aromatic N) is 5. The highest BCUT2D eigenvalue weighted by atomic mass is 32.2. The summed E-state index contributed by atoms with van der Waals surface area (Å²) in [6, 6.07) is 11.9. The zero-order valence-corrected chi connectivity index (χ0v) is 19.2. The fraction of sp³-hybridized carbons (Fsp3) is 0.364. The van der Waals surface area contributed by atoms with Crippen LogP contribution in [0, 0.1) is 0 Å². The normalized spacial score (nSPS) is 14.7. The highest BCUT2D eigenvalue weighted by molar-refractivity contribution is 7.89. The molecule has 0 aliphatic carbocycles. The van der Waals surface area contributed by atoms with Crippen molar-refractivity contribution in [3.8, 4) is 11.4 Å². The Labute approximate surface area is 192 Å². The Morgan fingerprint density at radius 3 is 2.52 bits per heavy atom. The van der Waals surface area contributed by atoms with E-state index < -0.39 is 10.0 Å². The van der Waals surface area contributed by atoms with Crippen LogP contribution in [0.1, 0.15) is 31.7 Å². The van der Waals surface area contributed by atoms with Gasteiger partial charge in [0.2, 0.25) is 15.9 Å². The first-order valence-corrected chi connectivity index (χ1v) is 12.3. The number of rotatable bonds is 8. The minimum Gasteiger partial charge on any atom is -0.492 e. The van der Waals surface area contributed by atoms with Crippen LogP contribution in [0.2, 0.25) is 0 Å². The molecule has 0 atom stereocenters. The molecule has 0 bridgehead atoms. The van der Waals surface area contributed by atoms with Gasteiger partial charge in [0.1, 0.15) is 12.1 Å². The Bertz CT molecular complexity index is 1190. The number of carbonyl (C=O) groups is 1. The molecule has 1 aliphatic heterocycles. The number of amides is 1. The number of hydrogen-bond donors (Lipinski definition) is 1. The summed E-state index contributed by atoms with van der Waals surface area (Å²) >= 11 is 0. The van der Waals surface area contributed by atoms with Crippen molar-refractivity contribution in [1.29, 1.82) is 0 Å². The van der Waals surface area contributed by atoms with Crippen LogP contribution in [0.15, 0.2) is 53.7 Å². The standard InChI is InChI=1S/C22H26N6O4S/c1-2-32-21-11-10-19(33(30,31)27-12-4-3-5-13-27)15-20(21)24-22(29)14-17-6-8-18(9-7-17)28-16-23-25-26-28/h6-11,15-16H,2-5,12-14H2,1H3,(H,24,29). The number of tetrazole rings is 1. The maximum Gasteiger partial charge on any atom is 0.243 e. The molecule has 4 rings (SSSR count). The summed E-state index contributed by atoms with van der Waals surface area (Å²) in [6.45, 7) is 3.24. The number of benzene rings is 2. The maximum absolute atomic E-state index is 13.1. The third-order valence-corrected chi connectivity index (χ3v) is 7.29. The average molecular weight is 471 g/mol. The van der Waals surface area contributed by atoms with Crippen molar-refractivity contribution in [3.05, 3.63) is 54.4 Å². The number of piperidine rings is 1. The molecule has 33 heavy (non-hydrogen) atoms. The summed E-state index contributed by atoms with van der Waals surface area (Å²) in [5, 5.41) is 13.9. The van der Waals surface area contributed by atoms with Gasteiger partial charge in [-0.05, 0) is 66.1 Å². The van der Waals surface area contributed by atoms with Crippen molar-refractivity contribution in [2.24, 2.45) is 0 Å². The molecule has 1 saturated heterocycles. The smallest absolute Gasteiger partial charge is 0.243 e. The molecule has 1 aliphatic rings. The Kier molecular flexibility index (Phi) is 6.99. The molecule has 174 valence electrons. The first-order valence-electron chi connectivity index (χ1n) is 10.9. The lowest BCUT2D eigenvalue weighted by molar-refractivity contribution is -0.115. The molecule has 2 aromatic carbocycles. The van der Waals surface area contributed by atoms with E-state index in [9.17, 15) is 13.2 Å². The van der Waals surface area contributed by atoms with Gasteiger partial charge in [-0.15, -0.1) is 5.10 Å². The van der Waals surface area contributed by atoms with Crippen LogP contribution in [0.4, 0.5) is 5.69 Å². The Morgan fingerprint density at radius 2 is 1.85 bits per heavy atom. The van der Waals surface area contributed by atoms with Crippen molar-refractivity contribution in [3.63, 3.8) is 0 Å². The van der Waals surface area contributed by atoms with Crippen molar-refractivity contribution >= 4 is 21.6 Å². The maximum atomic E-state index is 13.1. The molecule has 1 fully saturated rings. The summed E-state index contributed by atoms with van der Waals surface area (Å²) in [4.78, 5) is 12.9. The zero-order valence-electron chi connectivity index (χ0n) is 18.3. The predicted molar refractivity (Wildman–Crippen MR) is 122 cm³/mol. The third kappa shape index (κ3) is 5.37. The van der Waals surface area contributed by atoms with Gasteiger partial charge in [-0.1, -0.05) is 18.6 Å². The fourth-order valence-corrected chi connectivity index (χ4v) is 5.27. The zero-order chi connectivity index (χ0) is 23.3. The number of nitrogens with one attached hydrogen (secondary N) is 1. The lowest BCUT2D eigenvalue weighted by Gasteiger charge is -2.26. The van der Waals surface area contributed by atoms with Gasteiger partial charge in [-0.2, -0.15) is 4.31 Å². The van der Waals surface area contributed by atoms with Gasteiger partial charge in [-0.3, -0.25) is 4.79 Å². The Hall–Kier alpha value is -3.31. The number of hydrogen-bond acceptors (Lipinski definition) is 7. The van der Waals surface area contributed by atoms with Crippen LogP contribution in [0.5, 0.6) is 5.75 Å². The number of aromatic nitrogens is 4. The van der Waals surface area contributed by atoms with Crippen molar-refractivity contribution in [2.75, 3.05) is 25.0 Å². The van der Waals surface area contributed by atoms with Gasteiger partial charge in [0, 0.05) is 13.1 Å². The largest absolute Gasteiger partial charge is 0.492 e. The van der Waals surface area contributed by atoms with E-state index in [1.165, 1.54) is 27.4 Å². The molecule has 10 nitrogen and oxygen atoms in total. The topological polar surface area (TPSA) is 119 Å². The molecule has 0 radical (unpaired) electrons. The van der Waals surface area contributed by atoms with E-state index in [1.54, 1.807) is 6.07 Å². The molecule has 0 saturated carbocycles. The Morgan fingerprint density at radius 1 is 1.09 bits per heavy atom. The summed E-state index contributed by atoms with van der Waals surface area (Å²) in [5.41, 5.74) is 1.91. The molecule has 3 aromatic rings. The second-order valence-corrected chi connectivity index (χ2v) is 9.64. The quantitative estimate of drug-likeness (QED) is 0.537. The lowest BCUT2D eigenvalue weighted by Crippen LogP contribution is -2.35. The van der Waals surface area contributed by atoms with E-state index in [1.807, 2.05) is 31.2 Å². The summed E-state index contributed by atoms with van der Waals surface area (Å²) in [7, 11) is -3.63. The third-order valence-electron chi connectivity index (χ3n) is 5.39. The van der Waals surface area contributed by atoms with E-state index in [0.29, 0.717) is 31.1 Å². The van der Waals surface area contributed by atoms with Gasteiger partial charge in [0.25, 0.3) is 0 Å². The van der Waals surface area contributed by atoms with Gasteiger partial charge < -0.3 is 10.1 Å². The van der Waals surface area contributed by atoms with E-state index in [-0.39, 0.29) is 17.2 Å². The first-order chi connectivity index (χ1) is 16.0. The molecule has 1 N–H and O–H groups in total. The van der Waals surface area contributed by atoms with Crippen LogP contribution in [0.3, 0.4) is 0 Å². The number of carbonyl (C=O) groups excluding carboxylic acids is 1. The molecule has 1 aromatic heterocycles. The number of sulfonamides is 1. The van der Waals surface area contributed by atoms with Gasteiger partial charge in [0.15, 0.2) is 0 Å². The van der Waals surface area contributed by atoms with Crippen molar-refractivity contribution in [1.82, 2.24) is 24.5 Å². The summed E-state index contributed by atoms with van der Waals surface area (Å²) in [6.07, 6.45) is 4.35. The summed E-state index contributed by atoms with van der Waals surface area (Å²) in [5.74, 6) is 0.149.